The van der Waals surface area contributed by atoms with Gasteiger partial charge in [-0.1, -0.05) is 53.5 Å². The molecule has 0 bridgehead atoms. The normalized spacial score (nSPS) is 10.6. The van der Waals surface area contributed by atoms with Crippen LogP contribution in [-0.2, 0) is 0 Å². The monoisotopic (exact) mass is 335 g/mol. The highest BCUT2D eigenvalue weighted by Crippen LogP contribution is 2.28. The first-order valence-corrected chi connectivity index (χ1v) is 7.19. The molecule has 6 heteroatoms. The standard InChI is InChI=1S/C15H8Cl3N3/c16-11-7-6-10(8-12(11)17)14-19-13(20-15(18)21-14)9-4-2-1-3-5-9/h1-8H. The summed E-state index contributed by atoms with van der Waals surface area (Å²) in [5, 5.41) is 1.04. The Morgan fingerprint density at radius 2 is 1.29 bits per heavy atom. The molecule has 1 aromatic heterocycles. The average molecular weight is 337 g/mol. The van der Waals surface area contributed by atoms with Crippen LogP contribution in [0.15, 0.2) is 48.5 Å². The zero-order valence-electron chi connectivity index (χ0n) is 10.6. The molecule has 1 heterocycles. The predicted octanol–water partition coefficient (Wildman–Crippen LogP) is 5.17. The van der Waals surface area contributed by atoms with Gasteiger partial charge in [-0.3, -0.25) is 0 Å². The molecule has 0 aliphatic rings. The van der Waals surface area contributed by atoms with E-state index in [1.807, 2.05) is 30.3 Å². The van der Waals surface area contributed by atoms with Crippen molar-refractivity contribution in [3.05, 3.63) is 63.9 Å². The summed E-state index contributed by atoms with van der Waals surface area (Å²) in [7, 11) is 0. The van der Waals surface area contributed by atoms with Crippen LogP contribution < -0.4 is 0 Å². The van der Waals surface area contributed by atoms with Crippen molar-refractivity contribution >= 4 is 34.8 Å². The molecule has 0 unspecified atom stereocenters. The van der Waals surface area contributed by atoms with Crippen LogP contribution in [0.5, 0.6) is 0 Å². The van der Waals surface area contributed by atoms with Gasteiger partial charge in [-0.05, 0) is 29.8 Å². The second-order valence-corrected chi connectivity index (χ2v) is 5.40. The quantitative estimate of drug-likeness (QED) is 0.648. The van der Waals surface area contributed by atoms with Crippen LogP contribution in [0.25, 0.3) is 22.8 Å². The summed E-state index contributed by atoms with van der Waals surface area (Å²) in [5.41, 5.74) is 1.59. The van der Waals surface area contributed by atoms with Gasteiger partial charge in [-0.2, -0.15) is 9.97 Å². The molecule has 0 aliphatic carbocycles. The van der Waals surface area contributed by atoms with E-state index in [0.717, 1.165) is 11.1 Å². The zero-order valence-corrected chi connectivity index (χ0v) is 12.9. The Morgan fingerprint density at radius 1 is 0.619 bits per heavy atom. The minimum absolute atomic E-state index is 0.130. The third-order valence-corrected chi connectivity index (χ3v) is 3.73. The maximum absolute atomic E-state index is 6.02. The summed E-state index contributed by atoms with van der Waals surface area (Å²) in [6.45, 7) is 0. The molecule has 2 aromatic carbocycles. The van der Waals surface area contributed by atoms with E-state index < -0.39 is 0 Å². The lowest BCUT2D eigenvalue weighted by Gasteiger charge is -2.05. The Balaban J connectivity index is 2.11. The number of rotatable bonds is 2. The highest BCUT2D eigenvalue weighted by atomic mass is 35.5. The van der Waals surface area contributed by atoms with E-state index in [1.54, 1.807) is 18.2 Å². The Labute approximate surface area is 136 Å². The highest BCUT2D eigenvalue weighted by Gasteiger charge is 2.10. The summed E-state index contributed by atoms with van der Waals surface area (Å²) in [6.07, 6.45) is 0. The van der Waals surface area contributed by atoms with Crippen molar-refractivity contribution in [2.24, 2.45) is 0 Å². The predicted molar refractivity (Wildman–Crippen MR) is 85.7 cm³/mol. The fraction of sp³-hybridized carbons (Fsp3) is 0. The number of hydrogen-bond donors (Lipinski definition) is 0. The van der Waals surface area contributed by atoms with Gasteiger partial charge in [-0.15, -0.1) is 0 Å². The Bertz CT molecular complexity index is 791. The molecule has 3 rings (SSSR count). The van der Waals surface area contributed by atoms with Gasteiger partial charge in [-0.25, -0.2) is 4.98 Å². The van der Waals surface area contributed by atoms with Crippen molar-refractivity contribution < 1.29 is 0 Å². The number of aromatic nitrogens is 3. The first-order valence-electron chi connectivity index (χ1n) is 6.06. The van der Waals surface area contributed by atoms with E-state index in [1.165, 1.54) is 0 Å². The van der Waals surface area contributed by atoms with E-state index in [9.17, 15) is 0 Å². The third-order valence-electron chi connectivity index (χ3n) is 2.82. The summed E-state index contributed by atoms with van der Waals surface area (Å²) < 4.78 is 0. The Kier molecular flexibility index (Phi) is 4.06. The zero-order chi connectivity index (χ0) is 14.8. The van der Waals surface area contributed by atoms with Gasteiger partial charge < -0.3 is 0 Å². The van der Waals surface area contributed by atoms with Gasteiger partial charge >= 0.3 is 0 Å². The van der Waals surface area contributed by atoms with Crippen LogP contribution in [-0.4, -0.2) is 15.0 Å². The summed E-state index contributed by atoms with van der Waals surface area (Å²) >= 11 is 17.9. The maximum atomic E-state index is 6.02. The Hall–Kier alpha value is -1.68. The van der Waals surface area contributed by atoms with Gasteiger partial charge in [0.2, 0.25) is 5.28 Å². The molecule has 0 radical (unpaired) electrons. The van der Waals surface area contributed by atoms with Gasteiger partial charge in [0.25, 0.3) is 0 Å². The largest absolute Gasteiger partial charge is 0.226 e. The third kappa shape index (κ3) is 3.16. The maximum Gasteiger partial charge on any atom is 0.226 e. The molecule has 0 spiro atoms. The van der Waals surface area contributed by atoms with Crippen molar-refractivity contribution in [1.82, 2.24) is 15.0 Å². The molecule has 0 atom stereocenters. The van der Waals surface area contributed by atoms with Crippen molar-refractivity contribution in [3.8, 4) is 22.8 Å². The molecule has 3 nitrogen and oxygen atoms in total. The minimum atomic E-state index is 0.130. The summed E-state index contributed by atoms with van der Waals surface area (Å²) in [5.74, 6) is 0.962. The van der Waals surface area contributed by atoms with E-state index in [4.69, 9.17) is 34.8 Å². The van der Waals surface area contributed by atoms with Crippen molar-refractivity contribution in [2.45, 2.75) is 0 Å². The van der Waals surface area contributed by atoms with Crippen LogP contribution in [0, 0.1) is 0 Å². The molecule has 21 heavy (non-hydrogen) atoms. The van der Waals surface area contributed by atoms with Crippen molar-refractivity contribution in [1.29, 1.82) is 0 Å². The number of benzene rings is 2. The molecule has 104 valence electrons. The lowest BCUT2D eigenvalue weighted by molar-refractivity contribution is 1.07. The average Bonchev–Trinajstić information content (AvgIpc) is 2.50. The van der Waals surface area contributed by atoms with Crippen LogP contribution in [0.1, 0.15) is 0 Å². The van der Waals surface area contributed by atoms with Crippen LogP contribution >= 0.6 is 34.8 Å². The smallest absolute Gasteiger partial charge is 0.208 e. The molecule has 0 aliphatic heterocycles. The second-order valence-electron chi connectivity index (χ2n) is 4.25. The minimum Gasteiger partial charge on any atom is -0.208 e. The number of halogens is 3. The summed E-state index contributed by atoms with van der Waals surface area (Å²) in [4.78, 5) is 12.7. The van der Waals surface area contributed by atoms with Gasteiger partial charge in [0.1, 0.15) is 0 Å². The molecule has 0 amide bonds. The van der Waals surface area contributed by atoms with E-state index in [-0.39, 0.29) is 5.28 Å². The lowest BCUT2D eigenvalue weighted by Crippen LogP contribution is -1.97. The van der Waals surface area contributed by atoms with Crippen molar-refractivity contribution in [3.63, 3.8) is 0 Å². The SMILES string of the molecule is Clc1nc(-c2ccccc2)nc(-c2ccc(Cl)c(Cl)c2)n1. The first-order chi connectivity index (χ1) is 10.1. The van der Waals surface area contributed by atoms with Crippen LogP contribution in [0.3, 0.4) is 0 Å². The van der Waals surface area contributed by atoms with E-state index >= 15 is 0 Å². The Morgan fingerprint density at radius 3 is 1.95 bits per heavy atom. The molecule has 0 saturated carbocycles. The van der Waals surface area contributed by atoms with Crippen LogP contribution in [0.4, 0.5) is 0 Å². The number of nitrogens with zero attached hydrogens (tertiary/aromatic N) is 3. The molecule has 0 saturated heterocycles. The fourth-order valence-electron chi connectivity index (χ4n) is 1.83. The lowest BCUT2D eigenvalue weighted by atomic mass is 10.2. The van der Waals surface area contributed by atoms with E-state index in [0.29, 0.717) is 21.7 Å². The molecule has 3 aromatic rings. The highest BCUT2D eigenvalue weighted by molar-refractivity contribution is 6.42. The number of hydrogen-bond acceptors (Lipinski definition) is 3. The van der Waals surface area contributed by atoms with Crippen LogP contribution in [0.2, 0.25) is 15.3 Å². The molecular formula is C15H8Cl3N3. The fourth-order valence-corrected chi connectivity index (χ4v) is 2.29. The van der Waals surface area contributed by atoms with Gasteiger partial charge in [0.05, 0.1) is 10.0 Å². The van der Waals surface area contributed by atoms with Gasteiger partial charge in [0, 0.05) is 11.1 Å². The molecule has 0 N–H and O–H groups in total. The molecule has 0 fully saturated rings. The summed E-state index contributed by atoms with van der Waals surface area (Å²) in [6, 6.07) is 14.7. The van der Waals surface area contributed by atoms with Crippen molar-refractivity contribution in [2.75, 3.05) is 0 Å². The molecular weight excluding hydrogens is 329 g/mol. The van der Waals surface area contributed by atoms with Gasteiger partial charge in [0.15, 0.2) is 11.6 Å². The second kappa shape index (κ2) is 5.98. The topological polar surface area (TPSA) is 38.7 Å². The first kappa shape index (κ1) is 14.3. The van der Waals surface area contributed by atoms with E-state index in [2.05, 4.69) is 15.0 Å².